The molecule has 3 atom stereocenters. The highest BCUT2D eigenvalue weighted by molar-refractivity contribution is 6.31. The number of likely N-dealkylation sites (tertiary alicyclic amines) is 1. The average molecular weight is 579 g/mol. The predicted octanol–water partition coefficient (Wildman–Crippen LogP) is 4.74. The van der Waals surface area contributed by atoms with Crippen LogP contribution in [0.3, 0.4) is 0 Å². The highest BCUT2D eigenvalue weighted by Gasteiger charge is 2.43. The molecule has 2 aliphatic heterocycles. The number of hydrogen-bond acceptors (Lipinski definition) is 5. The topological polar surface area (TPSA) is 105 Å². The van der Waals surface area contributed by atoms with E-state index in [0.717, 1.165) is 47.0 Å². The second-order valence-corrected chi connectivity index (χ2v) is 11.8. The minimum absolute atomic E-state index is 0.0649. The van der Waals surface area contributed by atoms with Crippen LogP contribution in [-0.2, 0) is 34.5 Å². The summed E-state index contributed by atoms with van der Waals surface area (Å²) in [5.41, 5.74) is 3.52. The van der Waals surface area contributed by atoms with Gasteiger partial charge in [0, 0.05) is 49.1 Å². The van der Waals surface area contributed by atoms with Gasteiger partial charge in [0.1, 0.15) is 18.1 Å². The maximum Gasteiger partial charge on any atom is 0.307 e. The lowest BCUT2D eigenvalue weighted by Gasteiger charge is -2.43. The molecule has 2 unspecified atom stereocenters. The molecule has 0 bridgehead atoms. The van der Waals surface area contributed by atoms with Crippen LogP contribution in [0, 0.1) is 11.8 Å². The normalized spacial score (nSPS) is 22.7. The Labute approximate surface area is 244 Å². The number of ether oxygens (including phenoxy) is 1. The number of rotatable bonds is 7. The van der Waals surface area contributed by atoms with Crippen LogP contribution in [-0.4, -0.2) is 62.1 Å². The van der Waals surface area contributed by atoms with Gasteiger partial charge < -0.3 is 19.6 Å². The molecule has 1 saturated heterocycles. The van der Waals surface area contributed by atoms with Crippen molar-refractivity contribution in [2.75, 3.05) is 19.6 Å². The van der Waals surface area contributed by atoms with Gasteiger partial charge >= 0.3 is 5.97 Å². The zero-order chi connectivity index (χ0) is 28.7. The van der Waals surface area contributed by atoms with Gasteiger partial charge in [-0.3, -0.25) is 19.1 Å². The monoisotopic (exact) mass is 578 g/mol. The van der Waals surface area contributed by atoms with E-state index in [1.165, 1.54) is 0 Å². The van der Waals surface area contributed by atoms with E-state index in [1.807, 2.05) is 53.0 Å². The summed E-state index contributed by atoms with van der Waals surface area (Å²) in [6.07, 6.45) is 4.50. The van der Waals surface area contributed by atoms with E-state index in [9.17, 15) is 19.5 Å². The first-order chi connectivity index (χ1) is 19.8. The van der Waals surface area contributed by atoms with Gasteiger partial charge in [-0.25, -0.2) is 0 Å². The largest absolute Gasteiger partial charge is 0.487 e. The fraction of sp³-hybridized carbons (Fsp3) is 0.484. The van der Waals surface area contributed by atoms with E-state index in [0.29, 0.717) is 56.1 Å². The molecule has 2 aromatic carbocycles. The molecule has 2 amide bonds. The van der Waals surface area contributed by atoms with E-state index < -0.39 is 23.8 Å². The van der Waals surface area contributed by atoms with Gasteiger partial charge in [-0.05, 0) is 49.4 Å². The molecule has 0 radical (unpaired) electrons. The molecule has 6 rings (SSSR count). The molecule has 3 aliphatic rings. The molecule has 216 valence electrons. The van der Waals surface area contributed by atoms with E-state index >= 15 is 0 Å². The number of aliphatic carboxylic acids is 1. The first-order valence-electron chi connectivity index (χ1n) is 14.5. The van der Waals surface area contributed by atoms with E-state index in [-0.39, 0.29) is 18.4 Å². The van der Waals surface area contributed by atoms with Crippen LogP contribution in [0.4, 0.5) is 0 Å². The quantitative estimate of drug-likeness (QED) is 0.434. The lowest BCUT2D eigenvalue weighted by Crippen LogP contribution is -2.50. The Kier molecular flexibility index (Phi) is 7.64. The molecule has 0 spiro atoms. The maximum atomic E-state index is 14.1. The lowest BCUT2D eigenvalue weighted by atomic mass is 9.77. The van der Waals surface area contributed by atoms with Gasteiger partial charge in [-0.1, -0.05) is 42.6 Å². The maximum absolute atomic E-state index is 14.1. The van der Waals surface area contributed by atoms with Gasteiger partial charge in [-0.15, -0.1) is 0 Å². The molecule has 9 nitrogen and oxygen atoms in total. The molecular formula is C31H35ClN4O5. The summed E-state index contributed by atoms with van der Waals surface area (Å²) in [6, 6.07) is 11.1. The summed E-state index contributed by atoms with van der Waals surface area (Å²) in [4.78, 5) is 42.6. The van der Waals surface area contributed by atoms with Crippen LogP contribution >= 0.6 is 11.6 Å². The molecule has 2 fully saturated rings. The number of aryl methyl sites for hydroxylation is 1. The summed E-state index contributed by atoms with van der Waals surface area (Å²) >= 11 is 6.73. The summed E-state index contributed by atoms with van der Waals surface area (Å²) < 4.78 is 8.28. The predicted molar refractivity (Wildman–Crippen MR) is 154 cm³/mol. The van der Waals surface area contributed by atoms with Crippen molar-refractivity contribution >= 4 is 40.3 Å². The van der Waals surface area contributed by atoms with Crippen LogP contribution < -0.4 is 4.74 Å². The zero-order valence-corrected chi connectivity index (χ0v) is 24.0. The van der Waals surface area contributed by atoms with Crippen molar-refractivity contribution in [2.45, 2.75) is 57.6 Å². The molecule has 41 heavy (non-hydrogen) atoms. The molecule has 10 heteroatoms. The molecule has 1 N–H and O–H groups in total. The number of carboxylic acids is 1. The first kappa shape index (κ1) is 27.6. The number of carbonyl (C=O) groups excluding carboxylic acids is 2. The Bertz CT molecular complexity index is 1500. The Balaban J connectivity index is 1.37. The van der Waals surface area contributed by atoms with Crippen LogP contribution in [0.2, 0.25) is 5.02 Å². The Hall–Kier alpha value is -3.59. The van der Waals surface area contributed by atoms with Crippen molar-refractivity contribution < 1.29 is 24.2 Å². The minimum atomic E-state index is -0.915. The van der Waals surface area contributed by atoms with Crippen molar-refractivity contribution in [3.8, 4) is 5.75 Å². The van der Waals surface area contributed by atoms with Gasteiger partial charge in [0.25, 0.3) is 0 Å². The highest BCUT2D eigenvalue weighted by atomic mass is 35.5. The van der Waals surface area contributed by atoms with Crippen LogP contribution in [0.5, 0.6) is 5.75 Å². The van der Waals surface area contributed by atoms with Crippen molar-refractivity contribution in [2.24, 2.45) is 18.9 Å². The van der Waals surface area contributed by atoms with Crippen LogP contribution in [0.1, 0.15) is 61.4 Å². The third-order valence-electron chi connectivity index (χ3n) is 9.02. The second kappa shape index (κ2) is 11.4. The third kappa shape index (κ3) is 5.16. The SMILES string of the molecule is Cn1nc(COc2ccc(Cl)c3c2[C@@H](CN2CCCC2=O)N(C(=O)C2CCCCC2C(=O)O)CC3)c2ccccc21. The van der Waals surface area contributed by atoms with Crippen molar-refractivity contribution in [3.63, 3.8) is 0 Å². The summed E-state index contributed by atoms with van der Waals surface area (Å²) in [5.74, 6) is -1.67. The third-order valence-corrected chi connectivity index (χ3v) is 9.37. The van der Waals surface area contributed by atoms with Gasteiger partial charge in [0.05, 0.1) is 23.4 Å². The summed E-state index contributed by atoms with van der Waals surface area (Å²) in [7, 11) is 1.90. The number of nitrogens with zero attached hydrogens (tertiary/aromatic N) is 4. The first-order valence-corrected chi connectivity index (χ1v) is 14.9. The Morgan fingerprint density at radius 2 is 1.83 bits per heavy atom. The highest BCUT2D eigenvalue weighted by Crippen LogP contribution is 2.43. The summed E-state index contributed by atoms with van der Waals surface area (Å²) in [6.45, 7) is 1.59. The van der Waals surface area contributed by atoms with E-state index in [1.54, 1.807) is 4.90 Å². The van der Waals surface area contributed by atoms with Crippen molar-refractivity contribution in [1.29, 1.82) is 0 Å². The number of halogens is 1. The standard InChI is InChI=1S/C31H35ClN4O5/c1-34-25-10-5-4-9-22(25)24(33-34)18-41-27-13-12-23(32)21-14-16-36(26(29(21)27)17-35-15-6-11-28(35)37)30(38)19-7-2-3-8-20(19)31(39)40/h4-5,9-10,12-13,19-20,26H,2-3,6-8,11,14-18H2,1H3,(H,39,40)/t19?,20?,26-/m1/s1. The van der Waals surface area contributed by atoms with Crippen molar-refractivity contribution in [1.82, 2.24) is 19.6 Å². The molecule has 3 aromatic rings. The zero-order valence-electron chi connectivity index (χ0n) is 23.2. The number of carboxylic acid groups (broad SMARTS) is 1. The Morgan fingerprint density at radius 3 is 2.59 bits per heavy atom. The van der Waals surface area contributed by atoms with Gasteiger partial charge in [-0.2, -0.15) is 5.10 Å². The van der Waals surface area contributed by atoms with Crippen LogP contribution in [0.25, 0.3) is 10.9 Å². The number of hydrogen-bond donors (Lipinski definition) is 1. The smallest absolute Gasteiger partial charge is 0.307 e. The average Bonchev–Trinajstić information content (AvgIpc) is 3.54. The second-order valence-electron chi connectivity index (χ2n) is 11.4. The fourth-order valence-corrected chi connectivity index (χ4v) is 7.20. The number of carbonyl (C=O) groups is 3. The number of fused-ring (bicyclic) bond motifs is 2. The minimum Gasteiger partial charge on any atom is -0.487 e. The number of para-hydroxylation sites is 1. The number of benzene rings is 2. The van der Waals surface area contributed by atoms with E-state index in [2.05, 4.69) is 5.10 Å². The molecule has 1 saturated carbocycles. The van der Waals surface area contributed by atoms with Gasteiger partial charge in [0.15, 0.2) is 0 Å². The number of aromatic nitrogens is 2. The molecule has 1 aliphatic carbocycles. The Morgan fingerprint density at radius 1 is 1.05 bits per heavy atom. The molecule has 1 aromatic heterocycles. The lowest BCUT2D eigenvalue weighted by molar-refractivity contribution is -0.154. The number of amides is 2. The summed E-state index contributed by atoms with van der Waals surface area (Å²) in [5, 5.41) is 16.2. The molecule has 3 heterocycles. The van der Waals surface area contributed by atoms with E-state index in [4.69, 9.17) is 16.3 Å². The fourth-order valence-electron chi connectivity index (χ4n) is 6.94. The molecular weight excluding hydrogens is 544 g/mol. The van der Waals surface area contributed by atoms with Gasteiger partial charge in [0.2, 0.25) is 11.8 Å². The van der Waals surface area contributed by atoms with Crippen LogP contribution in [0.15, 0.2) is 36.4 Å². The van der Waals surface area contributed by atoms with Crippen molar-refractivity contribution in [3.05, 3.63) is 58.2 Å².